The molecule has 0 saturated carbocycles. The van der Waals surface area contributed by atoms with Gasteiger partial charge in [-0.25, -0.2) is 9.97 Å². The summed E-state index contributed by atoms with van der Waals surface area (Å²) in [6, 6.07) is 12.2. The van der Waals surface area contributed by atoms with Crippen LogP contribution in [0.2, 0.25) is 0 Å². The second kappa shape index (κ2) is 7.48. The summed E-state index contributed by atoms with van der Waals surface area (Å²) in [4.78, 5) is 8.95. The van der Waals surface area contributed by atoms with Crippen molar-refractivity contribution >= 4 is 17.0 Å². The van der Waals surface area contributed by atoms with Gasteiger partial charge in [-0.1, -0.05) is 24.6 Å². The van der Waals surface area contributed by atoms with E-state index < -0.39 is 11.7 Å². The van der Waals surface area contributed by atoms with E-state index in [2.05, 4.69) is 15.3 Å². The van der Waals surface area contributed by atoms with Crippen LogP contribution in [0.15, 0.2) is 54.9 Å². The standard InChI is InChI=1S/C23H21F3N4/c1-4-18-15(3)21(30-13-16(23(24,25)26)7-10-19(18)30)22-27-12-11-20(29-22)28-17-8-5-14(2)6-9-17/h5-13H,4H2,1-3H3,(H,27,28,29). The van der Waals surface area contributed by atoms with Gasteiger partial charge in [0.2, 0.25) is 0 Å². The second-order valence-electron chi connectivity index (χ2n) is 7.23. The Morgan fingerprint density at radius 3 is 2.40 bits per heavy atom. The smallest absolute Gasteiger partial charge is 0.340 e. The van der Waals surface area contributed by atoms with Gasteiger partial charge in [-0.05, 0) is 61.7 Å². The normalized spacial score (nSPS) is 11.8. The van der Waals surface area contributed by atoms with Crippen LogP contribution in [-0.4, -0.2) is 14.4 Å². The molecule has 1 aromatic carbocycles. The molecule has 0 fully saturated rings. The number of halogens is 3. The summed E-state index contributed by atoms with van der Waals surface area (Å²) >= 11 is 0. The van der Waals surface area contributed by atoms with Crippen molar-refractivity contribution in [2.24, 2.45) is 0 Å². The van der Waals surface area contributed by atoms with Crippen LogP contribution in [0.3, 0.4) is 0 Å². The van der Waals surface area contributed by atoms with Crippen molar-refractivity contribution in [3.63, 3.8) is 0 Å². The number of anilines is 2. The number of pyridine rings is 1. The molecule has 30 heavy (non-hydrogen) atoms. The minimum Gasteiger partial charge on any atom is -0.340 e. The first-order chi connectivity index (χ1) is 14.3. The molecule has 0 bridgehead atoms. The minimum atomic E-state index is -4.42. The minimum absolute atomic E-state index is 0.374. The average molecular weight is 410 g/mol. The van der Waals surface area contributed by atoms with Crippen molar-refractivity contribution in [2.45, 2.75) is 33.4 Å². The topological polar surface area (TPSA) is 42.2 Å². The van der Waals surface area contributed by atoms with Gasteiger partial charge in [-0.2, -0.15) is 13.2 Å². The van der Waals surface area contributed by atoms with Gasteiger partial charge in [0, 0.05) is 23.6 Å². The number of hydrogen-bond acceptors (Lipinski definition) is 3. The molecule has 0 aliphatic rings. The van der Waals surface area contributed by atoms with E-state index in [1.165, 1.54) is 6.07 Å². The highest BCUT2D eigenvalue weighted by Crippen LogP contribution is 2.35. The van der Waals surface area contributed by atoms with E-state index in [9.17, 15) is 13.2 Å². The summed E-state index contributed by atoms with van der Waals surface area (Å²) in [6.45, 7) is 5.89. The lowest BCUT2D eigenvalue weighted by atomic mass is 10.1. The summed E-state index contributed by atoms with van der Waals surface area (Å²) in [6.07, 6.45) is -0.995. The molecule has 3 heterocycles. The number of nitrogens with zero attached hydrogens (tertiary/aromatic N) is 3. The van der Waals surface area contributed by atoms with E-state index in [-0.39, 0.29) is 0 Å². The Bertz CT molecular complexity index is 1210. The number of benzene rings is 1. The van der Waals surface area contributed by atoms with Gasteiger partial charge in [0.1, 0.15) is 5.82 Å². The van der Waals surface area contributed by atoms with Gasteiger partial charge >= 0.3 is 6.18 Å². The number of aromatic nitrogens is 3. The van der Waals surface area contributed by atoms with Gasteiger partial charge in [0.25, 0.3) is 0 Å². The molecule has 1 N–H and O–H groups in total. The molecule has 3 aromatic heterocycles. The summed E-state index contributed by atoms with van der Waals surface area (Å²) in [5, 5.41) is 3.22. The van der Waals surface area contributed by atoms with Crippen LogP contribution in [0.4, 0.5) is 24.7 Å². The summed E-state index contributed by atoms with van der Waals surface area (Å²) in [7, 11) is 0. The maximum atomic E-state index is 13.3. The first kappa shape index (κ1) is 19.9. The van der Waals surface area contributed by atoms with Gasteiger partial charge in [0.15, 0.2) is 5.82 Å². The predicted octanol–water partition coefficient (Wildman–Crippen LogP) is 6.34. The third-order valence-corrected chi connectivity index (χ3v) is 5.18. The van der Waals surface area contributed by atoms with Gasteiger partial charge in [-0.3, -0.25) is 0 Å². The number of rotatable bonds is 4. The van der Waals surface area contributed by atoms with Crippen molar-refractivity contribution in [3.8, 4) is 11.5 Å². The van der Waals surface area contributed by atoms with E-state index in [0.29, 0.717) is 23.8 Å². The fourth-order valence-corrected chi connectivity index (χ4v) is 3.66. The third kappa shape index (κ3) is 3.63. The maximum Gasteiger partial charge on any atom is 0.417 e. The predicted molar refractivity (Wildman–Crippen MR) is 112 cm³/mol. The monoisotopic (exact) mass is 410 g/mol. The van der Waals surface area contributed by atoms with Crippen molar-refractivity contribution in [1.82, 2.24) is 14.4 Å². The van der Waals surface area contributed by atoms with Gasteiger partial charge in [0.05, 0.1) is 11.3 Å². The van der Waals surface area contributed by atoms with Crippen molar-refractivity contribution < 1.29 is 13.2 Å². The van der Waals surface area contributed by atoms with Crippen LogP contribution in [0.5, 0.6) is 0 Å². The summed E-state index contributed by atoms with van der Waals surface area (Å²) in [5.74, 6) is 0.946. The molecular weight excluding hydrogens is 389 g/mol. The quantitative estimate of drug-likeness (QED) is 0.427. The Balaban J connectivity index is 1.84. The average Bonchev–Trinajstić information content (AvgIpc) is 2.99. The maximum absolute atomic E-state index is 13.3. The van der Waals surface area contributed by atoms with Crippen molar-refractivity contribution in [1.29, 1.82) is 0 Å². The lowest BCUT2D eigenvalue weighted by Gasteiger charge is -2.10. The Morgan fingerprint density at radius 2 is 1.73 bits per heavy atom. The molecule has 0 aliphatic carbocycles. The summed E-state index contributed by atoms with van der Waals surface area (Å²) in [5.41, 5.74) is 4.48. The molecule has 0 amide bonds. The molecule has 0 atom stereocenters. The van der Waals surface area contributed by atoms with Crippen LogP contribution < -0.4 is 5.32 Å². The largest absolute Gasteiger partial charge is 0.417 e. The fourth-order valence-electron chi connectivity index (χ4n) is 3.66. The Labute approximate surface area is 172 Å². The zero-order chi connectivity index (χ0) is 21.5. The first-order valence-electron chi connectivity index (χ1n) is 9.65. The lowest BCUT2D eigenvalue weighted by molar-refractivity contribution is -0.137. The molecular formula is C23H21F3N4. The number of aryl methyl sites for hydroxylation is 2. The highest BCUT2D eigenvalue weighted by atomic mass is 19.4. The number of nitrogens with one attached hydrogen (secondary N) is 1. The van der Waals surface area contributed by atoms with E-state index in [1.807, 2.05) is 45.0 Å². The lowest BCUT2D eigenvalue weighted by Crippen LogP contribution is -2.07. The fraction of sp³-hybridized carbons (Fsp3) is 0.217. The molecule has 7 heteroatoms. The molecule has 4 aromatic rings. The SMILES string of the molecule is CCc1c(C)c(-c2nccc(Nc3ccc(C)cc3)n2)n2cc(C(F)(F)F)ccc12. The van der Waals surface area contributed by atoms with E-state index >= 15 is 0 Å². The van der Waals surface area contributed by atoms with Gasteiger partial charge < -0.3 is 9.72 Å². The zero-order valence-electron chi connectivity index (χ0n) is 16.9. The molecule has 4 rings (SSSR count). The Morgan fingerprint density at radius 1 is 1.00 bits per heavy atom. The van der Waals surface area contributed by atoms with Crippen LogP contribution in [0, 0.1) is 13.8 Å². The van der Waals surface area contributed by atoms with Crippen molar-refractivity contribution in [3.05, 3.63) is 77.1 Å². The zero-order valence-corrected chi connectivity index (χ0v) is 16.9. The highest BCUT2D eigenvalue weighted by Gasteiger charge is 2.31. The highest BCUT2D eigenvalue weighted by molar-refractivity contribution is 5.73. The van der Waals surface area contributed by atoms with Crippen LogP contribution >= 0.6 is 0 Å². The Hall–Kier alpha value is -3.35. The van der Waals surface area contributed by atoms with E-state index in [4.69, 9.17) is 0 Å². The van der Waals surface area contributed by atoms with Crippen LogP contribution in [-0.2, 0) is 12.6 Å². The molecule has 0 radical (unpaired) electrons. The molecule has 0 unspecified atom stereocenters. The molecule has 154 valence electrons. The van der Waals surface area contributed by atoms with Gasteiger partial charge in [-0.15, -0.1) is 0 Å². The van der Waals surface area contributed by atoms with Crippen LogP contribution in [0.25, 0.3) is 17.0 Å². The molecule has 4 nitrogen and oxygen atoms in total. The molecule has 0 spiro atoms. The van der Waals surface area contributed by atoms with Crippen LogP contribution in [0.1, 0.15) is 29.2 Å². The first-order valence-corrected chi connectivity index (χ1v) is 9.65. The number of alkyl halides is 3. The number of hydrogen-bond donors (Lipinski definition) is 1. The molecule has 0 saturated heterocycles. The Kier molecular flexibility index (Phi) is 4.97. The van der Waals surface area contributed by atoms with E-state index in [0.717, 1.165) is 40.2 Å². The number of fused-ring (bicyclic) bond motifs is 1. The molecule has 0 aliphatic heterocycles. The van der Waals surface area contributed by atoms with Crippen molar-refractivity contribution in [2.75, 3.05) is 5.32 Å². The second-order valence-corrected chi connectivity index (χ2v) is 7.23. The van der Waals surface area contributed by atoms with E-state index in [1.54, 1.807) is 16.7 Å². The third-order valence-electron chi connectivity index (χ3n) is 5.18. The summed E-state index contributed by atoms with van der Waals surface area (Å²) < 4.78 is 41.5.